The van der Waals surface area contributed by atoms with Crippen molar-refractivity contribution >= 4 is 5.91 Å². The summed E-state index contributed by atoms with van der Waals surface area (Å²) >= 11 is 0. The van der Waals surface area contributed by atoms with E-state index in [2.05, 4.69) is 15.5 Å². The Morgan fingerprint density at radius 1 is 1.21 bits per heavy atom. The molecule has 0 saturated carbocycles. The molecule has 2 aliphatic rings. The summed E-state index contributed by atoms with van der Waals surface area (Å²) in [5.41, 5.74) is 1.04. The first-order valence-corrected chi connectivity index (χ1v) is 9.91. The largest absolute Gasteiger partial charge is 0.484 e. The number of carbonyl (C=O) groups excluding carboxylic acids is 1. The number of nitrogens with one attached hydrogen (secondary N) is 2. The van der Waals surface area contributed by atoms with Gasteiger partial charge in [0.1, 0.15) is 5.75 Å². The van der Waals surface area contributed by atoms with Crippen LogP contribution in [0.15, 0.2) is 24.3 Å². The van der Waals surface area contributed by atoms with Crippen LogP contribution in [0.5, 0.6) is 5.75 Å². The van der Waals surface area contributed by atoms with Gasteiger partial charge in [0, 0.05) is 19.6 Å². The Morgan fingerprint density at radius 3 is 2.68 bits per heavy atom. The van der Waals surface area contributed by atoms with E-state index in [4.69, 9.17) is 4.74 Å². The molecule has 5 nitrogen and oxygen atoms in total. The van der Waals surface area contributed by atoms with Crippen molar-refractivity contribution in [2.75, 3.05) is 32.8 Å². The van der Waals surface area contributed by atoms with Crippen LogP contribution in [0.4, 0.5) is 13.2 Å². The van der Waals surface area contributed by atoms with Gasteiger partial charge < -0.3 is 15.4 Å². The van der Waals surface area contributed by atoms with E-state index in [1.165, 1.54) is 0 Å². The lowest BCUT2D eigenvalue weighted by atomic mass is 9.97. The van der Waals surface area contributed by atoms with Crippen molar-refractivity contribution in [3.8, 4) is 5.75 Å². The second kappa shape index (κ2) is 9.60. The van der Waals surface area contributed by atoms with E-state index in [0.717, 1.165) is 57.4 Å². The van der Waals surface area contributed by atoms with Gasteiger partial charge in [0.25, 0.3) is 0 Å². The standard InChI is InChI=1S/C20H28F3N3O2/c21-20(22,23)14-28-17-7-5-15(6-8-17)12-26-10-2-3-16(13-26)11-25-19(27)18-4-1-9-24-18/h5-8,16,18,24H,1-4,9-14H2,(H,25,27). The fourth-order valence-corrected chi connectivity index (χ4v) is 3.85. The smallest absolute Gasteiger partial charge is 0.422 e. The average molecular weight is 399 g/mol. The van der Waals surface area contributed by atoms with Crippen LogP contribution < -0.4 is 15.4 Å². The first kappa shape index (κ1) is 20.9. The van der Waals surface area contributed by atoms with Gasteiger partial charge in [-0.1, -0.05) is 12.1 Å². The molecule has 0 aliphatic carbocycles. The van der Waals surface area contributed by atoms with Crippen LogP contribution in [0.1, 0.15) is 31.2 Å². The zero-order chi connectivity index (χ0) is 20.0. The number of amides is 1. The summed E-state index contributed by atoms with van der Waals surface area (Å²) in [6, 6.07) is 6.73. The monoisotopic (exact) mass is 399 g/mol. The quantitative estimate of drug-likeness (QED) is 0.740. The molecule has 2 aliphatic heterocycles. The zero-order valence-electron chi connectivity index (χ0n) is 15.9. The molecule has 156 valence electrons. The van der Waals surface area contributed by atoms with Crippen molar-refractivity contribution in [2.45, 2.75) is 44.4 Å². The molecule has 2 saturated heterocycles. The Morgan fingerprint density at radius 2 is 2.00 bits per heavy atom. The van der Waals surface area contributed by atoms with Crippen molar-refractivity contribution in [2.24, 2.45) is 5.92 Å². The van der Waals surface area contributed by atoms with E-state index in [1.54, 1.807) is 12.1 Å². The first-order chi connectivity index (χ1) is 13.4. The summed E-state index contributed by atoms with van der Waals surface area (Å²) in [5.74, 6) is 0.749. The van der Waals surface area contributed by atoms with E-state index in [1.807, 2.05) is 12.1 Å². The van der Waals surface area contributed by atoms with Crippen molar-refractivity contribution in [1.29, 1.82) is 0 Å². The van der Waals surface area contributed by atoms with Crippen LogP contribution in [0.3, 0.4) is 0 Å². The van der Waals surface area contributed by atoms with Crippen LogP contribution >= 0.6 is 0 Å². The number of nitrogens with zero attached hydrogens (tertiary/aromatic N) is 1. The number of carbonyl (C=O) groups is 1. The van der Waals surface area contributed by atoms with Gasteiger partial charge in [-0.2, -0.15) is 13.2 Å². The third kappa shape index (κ3) is 6.67. The molecular formula is C20H28F3N3O2. The van der Waals surface area contributed by atoms with E-state index in [-0.39, 0.29) is 17.7 Å². The third-order valence-corrected chi connectivity index (χ3v) is 5.28. The maximum atomic E-state index is 12.2. The molecule has 0 bridgehead atoms. The van der Waals surface area contributed by atoms with Gasteiger partial charge in [0.05, 0.1) is 6.04 Å². The van der Waals surface area contributed by atoms with E-state index in [0.29, 0.717) is 12.5 Å². The van der Waals surface area contributed by atoms with Crippen LogP contribution in [0, 0.1) is 5.92 Å². The molecule has 0 radical (unpaired) electrons. The first-order valence-electron chi connectivity index (χ1n) is 9.91. The molecular weight excluding hydrogens is 371 g/mol. The summed E-state index contributed by atoms with van der Waals surface area (Å²) in [5, 5.41) is 6.29. The molecule has 0 spiro atoms. The van der Waals surface area contributed by atoms with E-state index >= 15 is 0 Å². The summed E-state index contributed by atoms with van der Waals surface area (Å²) in [6.45, 7) is 2.97. The minimum absolute atomic E-state index is 0.0437. The Balaban J connectivity index is 1.42. The molecule has 0 aromatic heterocycles. The molecule has 1 aromatic carbocycles. The van der Waals surface area contributed by atoms with Crippen molar-refractivity contribution in [1.82, 2.24) is 15.5 Å². The highest BCUT2D eigenvalue weighted by molar-refractivity contribution is 5.81. The maximum Gasteiger partial charge on any atom is 0.422 e. The van der Waals surface area contributed by atoms with Crippen molar-refractivity contribution in [3.63, 3.8) is 0 Å². The van der Waals surface area contributed by atoms with Crippen LogP contribution in [-0.2, 0) is 11.3 Å². The SMILES string of the molecule is O=C(NCC1CCCN(Cc2ccc(OCC(F)(F)F)cc2)C1)C1CCCN1. The van der Waals surface area contributed by atoms with Crippen LogP contribution in [0.2, 0.25) is 0 Å². The number of piperidine rings is 1. The van der Waals surface area contributed by atoms with Gasteiger partial charge >= 0.3 is 6.18 Å². The van der Waals surface area contributed by atoms with Gasteiger partial charge in [0.2, 0.25) is 5.91 Å². The Kier molecular flexibility index (Phi) is 7.18. The topological polar surface area (TPSA) is 53.6 Å². The number of halogens is 3. The lowest BCUT2D eigenvalue weighted by Crippen LogP contribution is -2.45. The third-order valence-electron chi connectivity index (χ3n) is 5.28. The molecule has 2 atom stereocenters. The maximum absolute atomic E-state index is 12.2. The molecule has 8 heteroatoms. The second-order valence-corrected chi connectivity index (χ2v) is 7.69. The minimum atomic E-state index is -4.33. The van der Waals surface area contributed by atoms with Crippen LogP contribution in [0.25, 0.3) is 0 Å². The number of ether oxygens (including phenoxy) is 1. The van der Waals surface area contributed by atoms with Gasteiger partial charge in [-0.05, 0) is 62.4 Å². The predicted octanol–water partition coefficient (Wildman–Crippen LogP) is 2.71. The lowest BCUT2D eigenvalue weighted by molar-refractivity contribution is -0.153. The fraction of sp³-hybridized carbons (Fsp3) is 0.650. The highest BCUT2D eigenvalue weighted by Crippen LogP contribution is 2.21. The van der Waals surface area contributed by atoms with Crippen LogP contribution in [-0.4, -0.2) is 55.8 Å². The van der Waals surface area contributed by atoms with Gasteiger partial charge in [-0.25, -0.2) is 0 Å². The second-order valence-electron chi connectivity index (χ2n) is 7.69. The number of benzene rings is 1. The Bertz CT molecular complexity index is 631. The Hall–Kier alpha value is -1.80. The molecule has 2 heterocycles. The summed E-state index contributed by atoms with van der Waals surface area (Å²) < 4.78 is 41.4. The predicted molar refractivity (Wildman–Crippen MR) is 100 cm³/mol. The summed E-state index contributed by atoms with van der Waals surface area (Å²) in [7, 11) is 0. The molecule has 2 N–H and O–H groups in total. The normalized spacial score (nSPS) is 23.5. The highest BCUT2D eigenvalue weighted by Gasteiger charge is 2.28. The highest BCUT2D eigenvalue weighted by atomic mass is 19.4. The molecule has 3 rings (SSSR count). The number of rotatable bonds is 7. The van der Waals surface area contributed by atoms with Gasteiger partial charge in [0.15, 0.2) is 6.61 Å². The average Bonchev–Trinajstić information content (AvgIpc) is 3.20. The van der Waals surface area contributed by atoms with Crippen molar-refractivity contribution in [3.05, 3.63) is 29.8 Å². The fourth-order valence-electron chi connectivity index (χ4n) is 3.85. The summed E-state index contributed by atoms with van der Waals surface area (Å²) in [6.07, 6.45) is -0.195. The molecule has 2 unspecified atom stereocenters. The number of hydrogen-bond donors (Lipinski definition) is 2. The summed E-state index contributed by atoms with van der Waals surface area (Å²) in [4.78, 5) is 14.5. The van der Waals surface area contributed by atoms with Crippen molar-refractivity contribution < 1.29 is 22.7 Å². The molecule has 2 fully saturated rings. The van der Waals surface area contributed by atoms with E-state index in [9.17, 15) is 18.0 Å². The van der Waals surface area contributed by atoms with E-state index < -0.39 is 12.8 Å². The lowest BCUT2D eigenvalue weighted by Gasteiger charge is -2.33. The Labute approximate surface area is 163 Å². The number of alkyl halides is 3. The molecule has 28 heavy (non-hydrogen) atoms. The van der Waals surface area contributed by atoms with Gasteiger partial charge in [-0.15, -0.1) is 0 Å². The van der Waals surface area contributed by atoms with Gasteiger partial charge in [-0.3, -0.25) is 9.69 Å². The number of likely N-dealkylation sites (tertiary alicyclic amines) is 1. The number of hydrogen-bond acceptors (Lipinski definition) is 4. The minimum Gasteiger partial charge on any atom is -0.484 e. The molecule has 1 amide bonds. The zero-order valence-corrected chi connectivity index (χ0v) is 15.9. The molecule has 1 aromatic rings.